The highest BCUT2D eigenvalue weighted by Crippen LogP contribution is 2.23. The van der Waals surface area contributed by atoms with Crippen LogP contribution in [0.1, 0.15) is 56.7 Å². The number of aromatic nitrogens is 2. The van der Waals surface area contributed by atoms with Crippen LogP contribution in [0.15, 0.2) is 36.7 Å². The van der Waals surface area contributed by atoms with Crippen molar-refractivity contribution in [2.24, 2.45) is 5.92 Å². The third kappa shape index (κ3) is 6.37. The second-order valence-electron chi connectivity index (χ2n) is 9.56. The summed E-state index contributed by atoms with van der Waals surface area (Å²) < 4.78 is 22.0. The molecule has 2 aliphatic rings. The van der Waals surface area contributed by atoms with E-state index in [0.29, 0.717) is 24.6 Å². The molecule has 2 aliphatic heterocycles. The van der Waals surface area contributed by atoms with Gasteiger partial charge < -0.3 is 4.74 Å². The molecule has 0 radical (unpaired) electrons. The molecular formula is C25H37FN4O. The van der Waals surface area contributed by atoms with Crippen LogP contribution in [-0.2, 0) is 17.8 Å². The molecule has 0 bridgehead atoms. The second-order valence-corrected chi connectivity index (χ2v) is 9.56. The Morgan fingerprint density at radius 3 is 2.65 bits per heavy atom. The monoisotopic (exact) mass is 428 g/mol. The first kappa shape index (κ1) is 22.4. The Hall–Kier alpha value is -1.76. The number of nitrogens with zero attached hydrogens (tertiary/aromatic N) is 4. The van der Waals surface area contributed by atoms with E-state index in [9.17, 15) is 4.39 Å². The van der Waals surface area contributed by atoms with Crippen LogP contribution in [-0.4, -0.2) is 58.5 Å². The van der Waals surface area contributed by atoms with Crippen LogP contribution in [0.25, 0.3) is 0 Å². The van der Waals surface area contributed by atoms with Gasteiger partial charge in [0.05, 0.1) is 12.3 Å². The Kier molecular flexibility index (Phi) is 7.75. The lowest BCUT2D eigenvalue weighted by Crippen LogP contribution is -2.40. The molecule has 31 heavy (non-hydrogen) atoms. The van der Waals surface area contributed by atoms with Crippen LogP contribution in [0.5, 0.6) is 0 Å². The maximum atomic E-state index is 14.0. The summed E-state index contributed by atoms with van der Waals surface area (Å²) in [5.41, 5.74) is 2.09. The van der Waals surface area contributed by atoms with Crippen molar-refractivity contribution in [1.82, 2.24) is 19.6 Å². The molecule has 0 amide bonds. The fraction of sp³-hybridized carbons (Fsp3) is 0.640. The van der Waals surface area contributed by atoms with Crippen molar-refractivity contribution >= 4 is 0 Å². The number of benzene rings is 1. The molecule has 4 rings (SSSR count). The summed E-state index contributed by atoms with van der Waals surface area (Å²) in [6.45, 7) is 11.1. The van der Waals surface area contributed by atoms with Crippen LogP contribution in [0, 0.1) is 11.7 Å². The average Bonchev–Trinajstić information content (AvgIpc) is 3.43. The molecule has 2 fully saturated rings. The van der Waals surface area contributed by atoms with E-state index in [0.717, 1.165) is 44.9 Å². The summed E-state index contributed by atoms with van der Waals surface area (Å²) >= 11 is 0. The maximum Gasteiger partial charge on any atom is 0.127 e. The molecule has 6 heteroatoms. The van der Waals surface area contributed by atoms with E-state index in [1.165, 1.54) is 31.2 Å². The predicted octanol–water partition coefficient (Wildman–Crippen LogP) is 4.50. The average molecular weight is 429 g/mol. The van der Waals surface area contributed by atoms with Gasteiger partial charge in [0.25, 0.3) is 0 Å². The Labute approximate surface area is 186 Å². The molecule has 5 nitrogen and oxygen atoms in total. The molecule has 0 spiro atoms. The van der Waals surface area contributed by atoms with Crippen molar-refractivity contribution < 1.29 is 9.13 Å². The number of hydrogen-bond acceptors (Lipinski definition) is 4. The zero-order valence-corrected chi connectivity index (χ0v) is 19.0. The van der Waals surface area contributed by atoms with Crippen LogP contribution in [0.2, 0.25) is 0 Å². The molecular weight excluding hydrogens is 391 g/mol. The zero-order valence-electron chi connectivity index (χ0n) is 19.0. The van der Waals surface area contributed by atoms with Crippen molar-refractivity contribution in [3.63, 3.8) is 0 Å². The predicted molar refractivity (Wildman–Crippen MR) is 121 cm³/mol. The lowest BCUT2D eigenvalue weighted by Gasteiger charge is -2.35. The highest BCUT2D eigenvalue weighted by Gasteiger charge is 2.25. The summed E-state index contributed by atoms with van der Waals surface area (Å²) in [7, 11) is 0. The van der Waals surface area contributed by atoms with Crippen molar-refractivity contribution in [1.29, 1.82) is 0 Å². The summed E-state index contributed by atoms with van der Waals surface area (Å²) in [5, 5.41) is 4.53. The van der Waals surface area contributed by atoms with Gasteiger partial charge in [-0.25, -0.2) is 4.39 Å². The Balaban J connectivity index is 1.31. The number of halogens is 1. The smallest absolute Gasteiger partial charge is 0.127 e. The van der Waals surface area contributed by atoms with Gasteiger partial charge in [0.2, 0.25) is 0 Å². The lowest BCUT2D eigenvalue weighted by molar-refractivity contribution is 0.0569. The van der Waals surface area contributed by atoms with Crippen molar-refractivity contribution in [2.75, 3.05) is 32.8 Å². The second kappa shape index (κ2) is 10.7. The third-order valence-corrected chi connectivity index (χ3v) is 6.65. The number of hydrogen-bond donors (Lipinski definition) is 0. The molecule has 1 aromatic heterocycles. The van der Waals surface area contributed by atoms with Gasteiger partial charge in [0, 0.05) is 56.2 Å². The van der Waals surface area contributed by atoms with Gasteiger partial charge in [0.1, 0.15) is 5.82 Å². The van der Waals surface area contributed by atoms with Crippen molar-refractivity contribution in [2.45, 2.75) is 64.8 Å². The maximum absolute atomic E-state index is 14.0. The van der Waals surface area contributed by atoms with Crippen LogP contribution < -0.4 is 0 Å². The quantitative estimate of drug-likeness (QED) is 0.589. The molecule has 1 aromatic carbocycles. The van der Waals surface area contributed by atoms with Crippen LogP contribution in [0.3, 0.4) is 0 Å². The normalized spacial score (nSPS) is 20.9. The Morgan fingerprint density at radius 2 is 1.97 bits per heavy atom. The Morgan fingerprint density at radius 1 is 1.16 bits per heavy atom. The molecule has 0 aliphatic carbocycles. The van der Waals surface area contributed by atoms with Gasteiger partial charge in [0.15, 0.2) is 0 Å². The molecule has 3 heterocycles. The van der Waals surface area contributed by atoms with E-state index < -0.39 is 0 Å². The van der Waals surface area contributed by atoms with Crippen molar-refractivity contribution in [3.8, 4) is 0 Å². The number of piperidine rings is 1. The van der Waals surface area contributed by atoms with Crippen molar-refractivity contribution in [3.05, 3.63) is 53.6 Å². The molecule has 2 aromatic rings. The van der Waals surface area contributed by atoms with Gasteiger partial charge in [-0.15, -0.1) is 0 Å². The molecule has 170 valence electrons. The zero-order chi connectivity index (χ0) is 21.6. The number of ether oxygens (including phenoxy) is 1. The molecule has 2 saturated heterocycles. The van der Waals surface area contributed by atoms with E-state index in [1.54, 1.807) is 12.1 Å². The first-order valence-electron chi connectivity index (χ1n) is 11.9. The summed E-state index contributed by atoms with van der Waals surface area (Å²) in [5.74, 6) is 0.590. The van der Waals surface area contributed by atoms with E-state index >= 15 is 0 Å². The summed E-state index contributed by atoms with van der Waals surface area (Å²) in [4.78, 5) is 4.97. The fourth-order valence-corrected chi connectivity index (χ4v) is 4.84. The van der Waals surface area contributed by atoms with E-state index in [4.69, 9.17) is 4.74 Å². The highest BCUT2D eigenvalue weighted by molar-refractivity contribution is 5.17. The van der Waals surface area contributed by atoms with Gasteiger partial charge in [-0.1, -0.05) is 18.2 Å². The highest BCUT2D eigenvalue weighted by atomic mass is 19.1. The van der Waals surface area contributed by atoms with Crippen LogP contribution in [0.4, 0.5) is 4.39 Å². The SMILES string of the molecule is CC(C)n1cc(CN(CC2CCN(Cc3ccccc3F)CC2)C[C@H]2CCCO2)cn1. The fourth-order valence-electron chi connectivity index (χ4n) is 4.84. The molecule has 0 unspecified atom stereocenters. The van der Waals surface area contributed by atoms with E-state index in [-0.39, 0.29) is 5.82 Å². The first-order valence-corrected chi connectivity index (χ1v) is 11.9. The molecule has 0 saturated carbocycles. The third-order valence-electron chi connectivity index (χ3n) is 6.65. The standard InChI is InChI=1S/C25H37FN4O/c1-20(2)30-17-22(14-27-30)16-29(19-24-7-5-13-31-24)15-21-9-11-28(12-10-21)18-23-6-3-4-8-25(23)26/h3-4,6,8,14,17,20-21,24H,5,7,9-13,15-16,18-19H2,1-2H3/t24-/m1/s1. The lowest BCUT2D eigenvalue weighted by atomic mass is 9.95. The minimum absolute atomic E-state index is 0.0886. The topological polar surface area (TPSA) is 33.5 Å². The molecule has 0 N–H and O–H groups in total. The Bertz CT molecular complexity index is 809. The van der Waals surface area contributed by atoms with E-state index in [2.05, 4.69) is 34.9 Å². The van der Waals surface area contributed by atoms with Gasteiger partial charge in [-0.2, -0.15) is 5.10 Å². The summed E-state index contributed by atoms with van der Waals surface area (Å²) in [6, 6.07) is 7.54. The van der Waals surface area contributed by atoms with E-state index in [1.807, 2.05) is 23.0 Å². The number of rotatable bonds is 9. The summed E-state index contributed by atoms with van der Waals surface area (Å²) in [6.07, 6.45) is 9.25. The molecule has 1 atom stereocenters. The van der Waals surface area contributed by atoms with Gasteiger partial charge in [-0.3, -0.25) is 14.5 Å². The number of likely N-dealkylation sites (tertiary alicyclic amines) is 1. The minimum atomic E-state index is -0.0886. The largest absolute Gasteiger partial charge is 0.377 e. The minimum Gasteiger partial charge on any atom is -0.377 e. The van der Waals surface area contributed by atoms with Gasteiger partial charge in [-0.05, 0) is 64.6 Å². The first-order chi connectivity index (χ1) is 15.1. The van der Waals surface area contributed by atoms with Crippen LogP contribution >= 0.6 is 0 Å². The van der Waals surface area contributed by atoms with Gasteiger partial charge >= 0.3 is 0 Å².